The van der Waals surface area contributed by atoms with Gasteiger partial charge in [-0.1, -0.05) is 44.2 Å². The second-order valence-corrected chi connectivity index (χ2v) is 4.44. The van der Waals surface area contributed by atoms with Crippen LogP contribution >= 0.6 is 0 Å². The summed E-state index contributed by atoms with van der Waals surface area (Å²) in [6, 6.07) is 10.6. The second-order valence-electron chi connectivity index (χ2n) is 4.44. The molecule has 0 fully saturated rings. The van der Waals surface area contributed by atoms with E-state index in [4.69, 9.17) is 0 Å². The highest BCUT2D eigenvalue weighted by atomic mass is 16.1. The highest BCUT2D eigenvalue weighted by molar-refractivity contribution is 5.76. The molecule has 94 valence electrons. The van der Waals surface area contributed by atoms with Crippen LogP contribution < -0.4 is 10.6 Å². The van der Waals surface area contributed by atoms with Crippen LogP contribution in [0.25, 0.3) is 0 Å². The minimum Gasteiger partial charge on any atom is -0.356 e. The maximum atomic E-state index is 11.5. The van der Waals surface area contributed by atoms with Crippen molar-refractivity contribution in [3.05, 3.63) is 35.9 Å². The normalized spacial score (nSPS) is 10.5. The van der Waals surface area contributed by atoms with Gasteiger partial charge in [-0.15, -0.1) is 0 Å². The van der Waals surface area contributed by atoms with E-state index < -0.39 is 0 Å². The third-order valence-corrected chi connectivity index (χ3v) is 2.48. The number of rotatable bonds is 7. The summed E-state index contributed by atoms with van der Waals surface area (Å²) in [6.45, 7) is 5.61. The van der Waals surface area contributed by atoms with E-state index in [-0.39, 0.29) is 5.91 Å². The maximum Gasteiger partial charge on any atom is 0.221 e. The summed E-state index contributed by atoms with van der Waals surface area (Å²) in [7, 11) is 0. The Morgan fingerprint density at radius 3 is 2.53 bits per heavy atom. The van der Waals surface area contributed by atoms with Gasteiger partial charge in [0, 0.05) is 25.6 Å². The Bertz CT molecular complexity index is 322. The van der Waals surface area contributed by atoms with Gasteiger partial charge in [-0.2, -0.15) is 0 Å². The lowest BCUT2D eigenvalue weighted by Crippen LogP contribution is -2.31. The highest BCUT2D eigenvalue weighted by Gasteiger charge is 2.01. The molecule has 0 aliphatic heterocycles. The number of amides is 1. The summed E-state index contributed by atoms with van der Waals surface area (Å²) >= 11 is 0. The molecule has 1 amide bonds. The summed E-state index contributed by atoms with van der Waals surface area (Å²) in [5.41, 5.74) is 1.26. The molecule has 0 bridgehead atoms. The summed E-state index contributed by atoms with van der Waals surface area (Å²) in [6.07, 6.45) is 1.44. The predicted molar refractivity (Wildman–Crippen MR) is 70.9 cm³/mol. The summed E-state index contributed by atoms with van der Waals surface area (Å²) in [4.78, 5) is 11.5. The first-order valence-corrected chi connectivity index (χ1v) is 6.22. The lowest BCUT2D eigenvalue weighted by Gasteiger charge is -2.08. The minimum atomic E-state index is 0.120. The Morgan fingerprint density at radius 2 is 1.88 bits per heavy atom. The van der Waals surface area contributed by atoms with Gasteiger partial charge < -0.3 is 10.6 Å². The zero-order valence-electron chi connectivity index (χ0n) is 10.7. The summed E-state index contributed by atoms with van der Waals surface area (Å²) in [5.74, 6) is 0.120. The van der Waals surface area contributed by atoms with Crippen molar-refractivity contribution in [3.63, 3.8) is 0 Å². The van der Waals surface area contributed by atoms with E-state index in [0.717, 1.165) is 13.0 Å². The van der Waals surface area contributed by atoms with Crippen LogP contribution in [0.3, 0.4) is 0 Å². The maximum absolute atomic E-state index is 11.5. The smallest absolute Gasteiger partial charge is 0.221 e. The zero-order chi connectivity index (χ0) is 12.5. The van der Waals surface area contributed by atoms with Crippen LogP contribution in [0.4, 0.5) is 0 Å². The van der Waals surface area contributed by atoms with E-state index in [1.54, 1.807) is 0 Å². The van der Waals surface area contributed by atoms with E-state index >= 15 is 0 Å². The van der Waals surface area contributed by atoms with Gasteiger partial charge in [0.25, 0.3) is 0 Å². The van der Waals surface area contributed by atoms with Gasteiger partial charge in [-0.3, -0.25) is 4.79 Å². The lowest BCUT2D eigenvalue weighted by molar-refractivity contribution is -0.120. The average Bonchev–Trinajstić information content (AvgIpc) is 2.30. The molecule has 0 heterocycles. The Balaban J connectivity index is 2.08. The third kappa shape index (κ3) is 6.74. The number of nitrogens with one attached hydrogen (secondary N) is 2. The first kappa shape index (κ1) is 13.7. The fourth-order valence-corrected chi connectivity index (χ4v) is 1.55. The van der Waals surface area contributed by atoms with Gasteiger partial charge in [0.1, 0.15) is 0 Å². The minimum absolute atomic E-state index is 0.120. The monoisotopic (exact) mass is 234 g/mol. The molecular formula is C14H22N2O. The van der Waals surface area contributed by atoms with Crippen molar-refractivity contribution >= 4 is 5.91 Å². The van der Waals surface area contributed by atoms with Crippen LogP contribution in [0.5, 0.6) is 0 Å². The van der Waals surface area contributed by atoms with E-state index in [1.165, 1.54) is 5.56 Å². The second kappa shape index (κ2) is 7.85. The molecule has 0 saturated heterocycles. The van der Waals surface area contributed by atoms with Crippen molar-refractivity contribution in [1.82, 2.24) is 10.6 Å². The number of carbonyl (C=O) groups is 1. The van der Waals surface area contributed by atoms with Gasteiger partial charge >= 0.3 is 0 Å². The Hall–Kier alpha value is -1.35. The summed E-state index contributed by atoms with van der Waals surface area (Å²) < 4.78 is 0. The van der Waals surface area contributed by atoms with Gasteiger partial charge in [0.2, 0.25) is 5.91 Å². The van der Waals surface area contributed by atoms with Crippen molar-refractivity contribution < 1.29 is 4.79 Å². The number of carbonyl (C=O) groups excluding carboxylic acids is 1. The molecule has 17 heavy (non-hydrogen) atoms. The van der Waals surface area contributed by atoms with Crippen molar-refractivity contribution in [1.29, 1.82) is 0 Å². The van der Waals surface area contributed by atoms with Crippen LogP contribution in [0.1, 0.15) is 25.8 Å². The van der Waals surface area contributed by atoms with Crippen molar-refractivity contribution in [2.75, 3.05) is 13.1 Å². The van der Waals surface area contributed by atoms with Gasteiger partial charge in [0.15, 0.2) is 0 Å². The standard InChI is InChI=1S/C14H22N2O/c1-12(2)15-11-9-14(17)16-10-8-13-6-4-3-5-7-13/h3-7,12,15H,8-11H2,1-2H3,(H,16,17). The molecule has 0 atom stereocenters. The molecule has 1 rings (SSSR count). The number of hydrogen-bond acceptors (Lipinski definition) is 2. The number of benzene rings is 1. The van der Waals surface area contributed by atoms with E-state index in [0.29, 0.717) is 19.0 Å². The van der Waals surface area contributed by atoms with Crippen molar-refractivity contribution in [2.45, 2.75) is 32.7 Å². The van der Waals surface area contributed by atoms with Crippen molar-refractivity contribution in [3.8, 4) is 0 Å². The zero-order valence-corrected chi connectivity index (χ0v) is 10.7. The van der Waals surface area contributed by atoms with Crippen LogP contribution in [-0.2, 0) is 11.2 Å². The topological polar surface area (TPSA) is 41.1 Å². The first-order valence-electron chi connectivity index (χ1n) is 6.22. The molecule has 0 aliphatic carbocycles. The Morgan fingerprint density at radius 1 is 1.18 bits per heavy atom. The molecule has 1 aromatic carbocycles. The number of hydrogen-bond donors (Lipinski definition) is 2. The molecular weight excluding hydrogens is 212 g/mol. The third-order valence-electron chi connectivity index (χ3n) is 2.48. The fraction of sp³-hybridized carbons (Fsp3) is 0.500. The highest BCUT2D eigenvalue weighted by Crippen LogP contribution is 1.98. The van der Waals surface area contributed by atoms with Gasteiger partial charge in [0.05, 0.1) is 0 Å². The SMILES string of the molecule is CC(C)NCCC(=O)NCCc1ccccc1. The Kier molecular flexibility index (Phi) is 6.33. The van der Waals surface area contributed by atoms with E-state index in [1.807, 2.05) is 18.2 Å². The predicted octanol–water partition coefficient (Wildman–Crippen LogP) is 1.73. The van der Waals surface area contributed by atoms with Crippen molar-refractivity contribution in [2.24, 2.45) is 0 Å². The van der Waals surface area contributed by atoms with E-state index in [2.05, 4.69) is 36.6 Å². The van der Waals surface area contributed by atoms with Crippen LogP contribution in [0, 0.1) is 0 Å². The lowest BCUT2D eigenvalue weighted by atomic mass is 10.1. The summed E-state index contributed by atoms with van der Waals surface area (Å²) in [5, 5.41) is 6.15. The molecule has 0 unspecified atom stereocenters. The molecule has 0 spiro atoms. The molecule has 0 aromatic heterocycles. The van der Waals surface area contributed by atoms with Crippen LogP contribution in [-0.4, -0.2) is 25.0 Å². The molecule has 1 aromatic rings. The molecule has 0 saturated carbocycles. The molecule has 0 radical (unpaired) electrons. The quantitative estimate of drug-likeness (QED) is 0.754. The van der Waals surface area contributed by atoms with Gasteiger partial charge in [-0.05, 0) is 12.0 Å². The fourth-order valence-electron chi connectivity index (χ4n) is 1.55. The first-order chi connectivity index (χ1) is 8.18. The van der Waals surface area contributed by atoms with E-state index in [9.17, 15) is 4.79 Å². The molecule has 3 nitrogen and oxygen atoms in total. The van der Waals surface area contributed by atoms with Crippen LogP contribution in [0.15, 0.2) is 30.3 Å². The van der Waals surface area contributed by atoms with Crippen LogP contribution in [0.2, 0.25) is 0 Å². The molecule has 0 aliphatic rings. The average molecular weight is 234 g/mol. The molecule has 2 N–H and O–H groups in total. The molecule has 3 heteroatoms. The largest absolute Gasteiger partial charge is 0.356 e. The van der Waals surface area contributed by atoms with Gasteiger partial charge in [-0.25, -0.2) is 0 Å². The Labute approximate surface area is 104 Å².